The second-order valence-electron chi connectivity index (χ2n) is 8.80. The number of hydrogen-bond donors (Lipinski definition) is 1. The van der Waals surface area contributed by atoms with Crippen LogP contribution in [0.4, 0.5) is 13.2 Å². The van der Waals surface area contributed by atoms with Crippen molar-refractivity contribution in [1.82, 2.24) is 38.8 Å². The smallest absolute Gasteiger partial charge is 0.347 e. The molecule has 11 nitrogen and oxygen atoms in total. The number of aryl methyl sites for hydroxylation is 2. The minimum atomic E-state index is -5.44. The van der Waals surface area contributed by atoms with E-state index in [0.29, 0.717) is 33.5 Å². The number of amides is 1. The van der Waals surface area contributed by atoms with Crippen molar-refractivity contribution < 1.29 is 26.4 Å². The van der Waals surface area contributed by atoms with E-state index in [-0.39, 0.29) is 37.2 Å². The molecule has 0 unspecified atom stereocenters. The Morgan fingerprint density at radius 1 is 1.13 bits per heavy atom. The van der Waals surface area contributed by atoms with E-state index in [2.05, 4.69) is 25.4 Å². The summed E-state index contributed by atoms with van der Waals surface area (Å²) in [4.78, 5) is 26.0. The summed E-state index contributed by atoms with van der Waals surface area (Å²) in [5.41, 5.74) is -2.00. The summed E-state index contributed by atoms with van der Waals surface area (Å²) in [5, 5.41) is 7.21. The maximum atomic E-state index is 13.0. The van der Waals surface area contributed by atoms with E-state index in [1.54, 1.807) is 34.9 Å². The van der Waals surface area contributed by atoms with Gasteiger partial charge in [0, 0.05) is 31.0 Å². The molecule has 0 atom stereocenters. The van der Waals surface area contributed by atoms with Crippen LogP contribution in [0, 0.1) is 6.92 Å². The number of rotatable bonds is 6. The van der Waals surface area contributed by atoms with Gasteiger partial charge in [-0.05, 0) is 24.5 Å². The number of carbonyl (C=O) groups excluding carboxylic acids is 1. The molecule has 0 bridgehead atoms. The molecule has 1 aliphatic rings. The van der Waals surface area contributed by atoms with Gasteiger partial charge in [-0.2, -0.15) is 22.6 Å². The molecule has 1 aliphatic heterocycles. The molecule has 1 amide bonds. The van der Waals surface area contributed by atoms with Crippen LogP contribution in [0.25, 0.3) is 17.2 Å². The molecule has 4 aromatic rings. The van der Waals surface area contributed by atoms with Crippen LogP contribution >= 0.6 is 0 Å². The van der Waals surface area contributed by atoms with Gasteiger partial charge >= 0.3 is 15.5 Å². The number of benzene rings is 1. The first kappa shape index (κ1) is 25.8. The second kappa shape index (κ2) is 9.47. The first-order valence-corrected chi connectivity index (χ1v) is 13.1. The van der Waals surface area contributed by atoms with Crippen molar-refractivity contribution in [3.8, 4) is 11.4 Å². The molecular formula is C23H23F3N8O3S. The number of aromatic nitrogens is 6. The van der Waals surface area contributed by atoms with Crippen molar-refractivity contribution >= 4 is 21.7 Å². The van der Waals surface area contributed by atoms with Crippen LogP contribution in [-0.2, 0) is 36.1 Å². The molecule has 1 N–H and O–H groups in total. The zero-order valence-electron chi connectivity index (χ0n) is 20.4. The lowest BCUT2D eigenvalue weighted by molar-refractivity contribution is -0.0496. The zero-order valence-corrected chi connectivity index (χ0v) is 21.2. The minimum Gasteiger partial charge on any atom is -0.347 e. The summed E-state index contributed by atoms with van der Waals surface area (Å²) in [7, 11) is -5.44. The number of carbonyl (C=O) groups is 1. The summed E-state index contributed by atoms with van der Waals surface area (Å²) in [6.07, 6.45) is 4.08. The average molecular weight is 549 g/mol. The fourth-order valence-electron chi connectivity index (χ4n) is 4.19. The normalized spacial score (nSPS) is 14.6. The first-order valence-electron chi connectivity index (χ1n) is 11.7. The molecule has 1 aromatic carbocycles. The summed E-state index contributed by atoms with van der Waals surface area (Å²) in [6, 6.07) is 7.01. The molecule has 0 radical (unpaired) electrons. The van der Waals surface area contributed by atoms with Gasteiger partial charge in [0.2, 0.25) is 5.78 Å². The van der Waals surface area contributed by atoms with Crippen molar-refractivity contribution in [2.75, 3.05) is 6.54 Å². The third-order valence-corrected chi connectivity index (χ3v) is 7.73. The Morgan fingerprint density at radius 3 is 2.55 bits per heavy atom. The van der Waals surface area contributed by atoms with E-state index in [9.17, 15) is 26.4 Å². The molecule has 0 fully saturated rings. The molecule has 0 spiro atoms. The predicted molar refractivity (Wildman–Crippen MR) is 129 cm³/mol. The highest BCUT2D eigenvalue weighted by Crippen LogP contribution is 2.29. The summed E-state index contributed by atoms with van der Waals surface area (Å²) in [5.74, 6) is 0.562. The van der Waals surface area contributed by atoms with Gasteiger partial charge < -0.3 is 5.32 Å². The quantitative estimate of drug-likeness (QED) is 0.392. The molecule has 3 aromatic heterocycles. The molecule has 4 heterocycles. The highest BCUT2D eigenvalue weighted by Gasteiger charge is 2.50. The Bertz CT molecular complexity index is 1630. The Morgan fingerprint density at radius 2 is 1.87 bits per heavy atom. The Labute approximate surface area is 215 Å². The van der Waals surface area contributed by atoms with Crippen molar-refractivity contribution in [3.63, 3.8) is 0 Å². The van der Waals surface area contributed by atoms with Gasteiger partial charge in [-0.1, -0.05) is 31.2 Å². The van der Waals surface area contributed by atoms with Crippen molar-refractivity contribution in [2.24, 2.45) is 0 Å². The molecular weight excluding hydrogens is 525 g/mol. The highest BCUT2D eigenvalue weighted by molar-refractivity contribution is 7.89. The third-order valence-electron chi connectivity index (χ3n) is 6.16. The molecule has 0 saturated carbocycles. The molecule has 0 saturated heterocycles. The van der Waals surface area contributed by atoms with E-state index < -0.39 is 22.1 Å². The van der Waals surface area contributed by atoms with E-state index in [1.807, 2.05) is 20.0 Å². The maximum Gasteiger partial charge on any atom is 0.511 e. The topological polar surface area (TPSA) is 127 Å². The van der Waals surface area contributed by atoms with Gasteiger partial charge in [0.05, 0.1) is 18.8 Å². The second-order valence-corrected chi connectivity index (χ2v) is 10.7. The van der Waals surface area contributed by atoms with Gasteiger partial charge in [-0.25, -0.2) is 28.1 Å². The molecule has 0 aliphatic carbocycles. The molecule has 15 heteroatoms. The van der Waals surface area contributed by atoms with Gasteiger partial charge in [0.25, 0.3) is 5.91 Å². The highest BCUT2D eigenvalue weighted by atomic mass is 32.2. The van der Waals surface area contributed by atoms with Crippen LogP contribution in [0.5, 0.6) is 0 Å². The first-order chi connectivity index (χ1) is 18.0. The largest absolute Gasteiger partial charge is 0.511 e. The lowest BCUT2D eigenvalue weighted by atomic mass is 10.1. The average Bonchev–Trinajstić information content (AvgIpc) is 3.47. The molecule has 200 valence electrons. The van der Waals surface area contributed by atoms with E-state index >= 15 is 0 Å². The number of sulfonamides is 1. The van der Waals surface area contributed by atoms with E-state index in [4.69, 9.17) is 0 Å². The number of nitrogens with one attached hydrogen (secondary N) is 1. The minimum absolute atomic E-state index is 0.0418. The molecule has 38 heavy (non-hydrogen) atoms. The van der Waals surface area contributed by atoms with Crippen LogP contribution in [0.2, 0.25) is 0 Å². The van der Waals surface area contributed by atoms with Gasteiger partial charge in [0.15, 0.2) is 5.82 Å². The Kier molecular flexibility index (Phi) is 6.43. The predicted octanol–water partition coefficient (Wildman–Crippen LogP) is 2.45. The Balaban J connectivity index is 1.28. The van der Waals surface area contributed by atoms with Crippen molar-refractivity contribution in [1.29, 1.82) is 0 Å². The maximum absolute atomic E-state index is 13.0. The number of hydrogen-bond acceptors (Lipinski definition) is 7. The Hall–Kier alpha value is -3.85. The number of halogens is 3. The van der Waals surface area contributed by atoms with Crippen LogP contribution in [0.15, 0.2) is 36.7 Å². The summed E-state index contributed by atoms with van der Waals surface area (Å²) in [6.45, 7) is 3.13. The van der Waals surface area contributed by atoms with Crippen LogP contribution < -0.4 is 5.32 Å². The number of nitrogens with zero attached hydrogens (tertiary/aromatic N) is 7. The standard InChI is InChI=1S/C23H23F3N8O3S/c1-3-17-19(33-12-14(2)10-28-22(33)29-17)21(35)27-11-15-4-6-16(7-5-15)20-30-18-13-32(8-9-34(18)31-20)38(36,37)23(24,25)26/h4-7,10,12H,3,8-9,11,13H2,1-2H3,(H,27,35). The summed E-state index contributed by atoms with van der Waals surface area (Å²) < 4.78 is 65.7. The lowest BCUT2D eigenvalue weighted by Gasteiger charge is -2.26. The van der Waals surface area contributed by atoms with Crippen LogP contribution in [0.3, 0.4) is 0 Å². The number of alkyl halides is 3. The monoisotopic (exact) mass is 548 g/mol. The van der Waals surface area contributed by atoms with Gasteiger partial charge in [-0.3, -0.25) is 9.20 Å². The van der Waals surface area contributed by atoms with E-state index in [0.717, 1.165) is 11.1 Å². The van der Waals surface area contributed by atoms with Gasteiger partial charge in [-0.15, -0.1) is 0 Å². The number of imidazole rings is 1. The van der Waals surface area contributed by atoms with Crippen LogP contribution in [0.1, 0.15) is 40.1 Å². The third kappa shape index (κ3) is 4.62. The van der Waals surface area contributed by atoms with Gasteiger partial charge in [0.1, 0.15) is 11.5 Å². The van der Waals surface area contributed by atoms with Crippen LogP contribution in [-0.4, -0.2) is 59.8 Å². The fraction of sp³-hybridized carbons (Fsp3) is 0.348. The number of fused-ring (bicyclic) bond motifs is 2. The zero-order chi connectivity index (χ0) is 27.2. The van der Waals surface area contributed by atoms with Crippen molar-refractivity contribution in [3.05, 3.63) is 65.0 Å². The van der Waals surface area contributed by atoms with Crippen molar-refractivity contribution in [2.45, 2.75) is 45.4 Å². The summed E-state index contributed by atoms with van der Waals surface area (Å²) >= 11 is 0. The van der Waals surface area contributed by atoms with E-state index in [1.165, 1.54) is 4.68 Å². The fourth-order valence-corrected chi connectivity index (χ4v) is 5.09. The SMILES string of the molecule is CCc1nc2ncc(C)cn2c1C(=O)NCc1ccc(-c2nc3n(n2)CCN(S(=O)(=O)C(F)(F)F)C3)cc1. The molecule has 5 rings (SSSR count). The lowest BCUT2D eigenvalue weighted by Crippen LogP contribution is -2.44.